The Hall–Kier alpha value is -2.88. The summed E-state index contributed by atoms with van der Waals surface area (Å²) in [5.74, 6) is 2.68. The molecule has 3 aliphatic carbocycles. The predicted octanol–water partition coefficient (Wildman–Crippen LogP) is 7.84. The summed E-state index contributed by atoms with van der Waals surface area (Å²) >= 11 is 0. The van der Waals surface area contributed by atoms with Crippen LogP contribution in [0.3, 0.4) is 0 Å². The third-order valence-electron chi connectivity index (χ3n) is 8.71. The van der Waals surface area contributed by atoms with Crippen LogP contribution in [0.15, 0.2) is 48.0 Å². The zero-order valence-electron chi connectivity index (χ0n) is 23.7. The molecule has 0 aliphatic heterocycles. The van der Waals surface area contributed by atoms with E-state index in [1.165, 1.54) is 27.8 Å². The number of fused-ring (bicyclic) bond motifs is 4. The molecule has 0 saturated heterocycles. The first kappa shape index (κ1) is 28.1. The Balaban J connectivity index is 0.000000181. The number of hydrogen-bond acceptors (Lipinski definition) is 4. The monoisotopic (exact) mass is 516 g/mol. The number of benzene rings is 2. The van der Waals surface area contributed by atoms with E-state index < -0.39 is 0 Å². The van der Waals surface area contributed by atoms with Gasteiger partial charge in [-0.1, -0.05) is 44.4 Å². The predicted molar refractivity (Wildman–Crippen MR) is 153 cm³/mol. The second kappa shape index (κ2) is 12.8. The molecule has 0 saturated carbocycles. The number of methoxy groups -OCH3 is 2. The van der Waals surface area contributed by atoms with Crippen LogP contribution in [0, 0.1) is 0 Å². The molecule has 38 heavy (non-hydrogen) atoms. The summed E-state index contributed by atoms with van der Waals surface area (Å²) in [6, 6.07) is 12.7. The molecule has 0 amide bonds. The van der Waals surface area contributed by atoms with Crippen molar-refractivity contribution in [3.8, 4) is 11.5 Å². The van der Waals surface area contributed by atoms with Crippen LogP contribution in [-0.4, -0.2) is 25.8 Å². The third kappa shape index (κ3) is 5.90. The van der Waals surface area contributed by atoms with Crippen LogP contribution in [-0.2, 0) is 27.8 Å². The van der Waals surface area contributed by atoms with Gasteiger partial charge in [0.2, 0.25) is 0 Å². The summed E-state index contributed by atoms with van der Waals surface area (Å²) in [6.07, 6.45) is 13.9. The van der Waals surface area contributed by atoms with Crippen molar-refractivity contribution in [3.63, 3.8) is 0 Å². The lowest BCUT2D eigenvalue weighted by molar-refractivity contribution is -0.120. The normalized spacial score (nSPS) is 22.4. The number of aryl methyl sites for hydroxylation is 2. The highest BCUT2D eigenvalue weighted by Crippen LogP contribution is 2.49. The Morgan fingerprint density at radius 1 is 0.816 bits per heavy atom. The molecule has 0 N–H and O–H groups in total. The molecule has 5 rings (SSSR count). The van der Waals surface area contributed by atoms with Gasteiger partial charge < -0.3 is 9.47 Å². The van der Waals surface area contributed by atoms with Gasteiger partial charge >= 0.3 is 0 Å². The van der Waals surface area contributed by atoms with E-state index in [0.717, 1.165) is 82.1 Å². The molecular formula is C34H44O4. The van der Waals surface area contributed by atoms with Gasteiger partial charge in [-0.15, -0.1) is 0 Å². The first-order chi connectivity index (χ1) is 18.4. The van der Waals surface area contributed by atoms with Gasteiger partial charge in [-0.3, -0.25) is 9.59 Å². The number of ether oxygens (including phenoxy) is 2. The molecule has 0 spiro atoms. The van der Waals surface area contributed by atoms with Crippen molar-refractivity contribution < 1.29 is 19.1 Å². The lowest BCUT2D eigenvalue weighted by atomic mass is 9.64. The van der Waals surface area contributed by atoms with E-state index in [4.69, 9.17) is 9.47 Å². The van der Waals surface area contributed by atoms with E-state index in [1.54, 1.807) is 14.2 Å². The summed E-state index contributed by atoms with van der Waals surface area (Å²) < 4.78 is 10.7. The number of ketones is 2. The summed E-state index contributed by atoms with van der Waals surface area (Å²) in [5.41, 5.74) is 6.87. The van der Waals surface area contributed by atoms with Gasteiger partial charge in [0.1, 0.15) is 17.3 Å². The number of hydrogen-bond donors (Lipinski definition) is 0. The highest BCUT2D eigenvalue weighted by Gasteiger charge is 2.40. The zero-order chi connectivity index (χ0) is 27.1. The Bertz CT molecular complexity index is 1180. The molecule has 0 aromatic heterocycles. The van der Waals surface area contributed by atoms with E-state index in [2.05, 4.69) is 44.2 Å². The smallest absolute Gasteiger partial charge is 0.155 e. The molecule has 204 valence electrons. The summed E-state index contributed by atoms with van der Waals surface area (Å²) in [6.45, 7) is 4.39. The standard InChI is InChI=1S/C19H24O2.C15H20O2/c1-3-10-19-11-9-16(20)13-15(19)6-4-5-14-12-17(21-2)7-8-18(14)19;1-3-5-14-13-9-8-12(17-2)10-11(13)6-4-7-15(14)16/h7-8,12-13H,3-6,9-11H2,1-2H3;8-10,14H,3-7H2,1-2H3. The Morgan fingerprint density at radius 2 is 1.50 bits per heavy atom. The van der Waals surface area contributed by atoms with E-state index in [0.29, 0.717) is 18.0 Å². The zero-order valence-corrected chi connectivity index (χ0v) is 23.7. The van der Waals surface area contributed by atoms with E-state index in [-0.39, 0.29) is 11.3 Å². The van der Waals surface area contributed by atoms with Crippen molar-refractivity contribution in [2.75, 3.05) is 14.2 Å². The van der Waals surface area contributed by atoms with Crippen molar-refractivity contribution >= 4 is 11.6 Å². The van der Waals surface area contributed by atoms with Crippen LogP contribution < -0.4 is 9.47 Å². The van der Waals surface area contributed by atoms with Crippen LogP contribution in [0.1, 0.15) is 106 Å². The number of rotatable bonds is 6. The molecule has 2 aromatic rings. The quantitative estimate of drug-likeness (QED) is 0.367. The first-order valence-electron chi connectivity index (χ1n) is 14.6. The van der Waals surface area contributed by atoms with Gasteiger partial charge in [0, 0.05) is 24.2 Å². The minimum absolute atomic E-state index is 0.0980. The van der Waals surface area contributed by atoms with Crippen LogP contribution in [0.4, 0.5) is 0 Å². The summed E-state index contributed by atoms with van der Waals surface area (Å²) in [7, 11) is 3.41. The lowest BCUT2D eigenvalue weighted by Crippen LogP contribution is -2.33. The van der Waals surface area contributed by atoms with Crippen molar-refractivity contribution in [2.24, 2.45) is 0 Å². The fourth-order valence-corrected chi connectivity index (χ4v) is 6.88. The molecule has 2 atom stereocenters. The molecule has 2 unspecified atom stereocenters. The highest BCUT2D eigenvalue weighted by molar-refractivity contribution is 5.92. The van der Waals surface area contributed by atoms with E-state index in [9.17, 15) is 9.59 Å². The average molecular weight is 517 g/mol. The van der Waals surface area contributed by atoms with Crippen LogP contribution in [0.25, 0.3) is 0 Å². The topological polar surface area (TPSA) is 52.6 Å². The van der Waals surface area contributed by atoms with E-state index in [1.807, 2.05) is 12.1 Å². The molecule has 2 aromatic carbocycles. The molecule has 0 fully saturated rings. The van der Waals surface area contributed by atoms with Crippen molar-refractivity contribution in [3.05, 3.63) is 70.3 Å². The minimum Gasteiger partial charge on any atom is -0.497 e. The van der Waals surface area contributed by atoms with Crippen LogP contribution in [0.5, 0.6) is 11.5 Å². The fourth-order valence-electron chi connectivity index (χ4n) is 6.88. The Labute approximate surface area is 228 Å². The number of Topliss-reactive ketones (excluding diaryl/α,β-unsaturated/α-hetero) is 1. The van der Waals surface area contributed by atoms with Crippen molar-refractivity contribution in [1.82, 2.24) is 0 Å². The van der Waals surface area contributed by atoms with Gasteiger partial charge in [0.15, 0.2) is 5.78 Å². The molecule has 4 heteroatoms. The van der Waals surface area contributed by atoms with Crippen LogP contribution in [0.2, 0.25) is 0 Å². The SMILES string of the molecule is CCCC12CCC(=O)C=C1CCCc1cc(OC)ccc12.CCCC1C(=O)CCCc2cc(OC)ccc21. The maximum absolute atomic E-state index is 12.1. The third-order valence-corrected chi connectivity index (χ3v) is 8.71. The number of allylic oxidation sites excluding steroid dienone is 2. The van der Waals surface area contributed by atoms with Crippen molar-refractivity contribution in [2.45, 2.75) is 102 Å². The molecule has 0 heterocycles. The molecule has 4 nitrogen and oxygen atoms in total. The maximum Gasteiger partial charge on any atom is 0.155 e. The number of carbonyl (C=O) groups is 2. The fraction of sp³-hybridized carbons (Fsp3) is 0.529. The highest BCUT2D eigenvalue weighted by atomic mass is 16.5. The number of carbonyl (C=O) groups excluding carboxylic acids is 2. The molecule has 0 bridgehead atoms. The van der Waals surface area contributed by atoms with Gasteiger partial charge in [-0.2, -0.15) is 0 Å². The summed E-state index contributed by atoms with van der Waals surface area (Å²) in [5, 5.41) is 0. The average Bonchev–Trinajstić information content (AvgIpc) is 3.18. The van der Waals surface area contributed by atoms with Gasteiger partial charge in [0.25, 0.3) is 0 Å². The molecule has 0 radical (unpaired) electrons. The van der Waals surface area contributed by atoms with Gasteiger partial charge in [-0.05, 0) is 104 Å². The molecular weight excluding hydrogens is 472 g/mol. The second-order valence-corrected chi connectivity index (χ2v) is 11.1. The van der Waals surface area contributed by atoms with E-state index >= 15 is 0 Å². The Morgan fingerprint density at radius 3 is 2.21 bits per heavy atom. The molecule has 3 aliphatic rings. The largest absolute Gasteiger partial charge is 0.497 e. The summed E-state index contributed by atoms with van der Waals surface area (Å²) in [4.78, 5) is 24.0. The first-order valence-corrected chi connectivity index (χ1v) is 14.6. The van der Waals surface area contributed by atoms with Gasteiger partial charge in [-0.25, -0.2) is 0 Å². The maximum atomic E-state index is 12.1. The van der Waals surface area contributed by atoms with Crippen LogP contribution >= 0.6 is 0 Å². The minimum atomic E-state index is 0.0980. The Kier molecular flexibility index (Phi) is 9.46. The van der Waals surface area contributed by atoms with Crippen molar-refractivity contribution in [1.29, 1.82) is 0 Å². The lowest BCUT2D eigenvalue weighted by Gasteiger charge is -2.39. The van der Waals surface area contributed by atoms with Gasteiger partial charge in [0.05, 0.1) is 14.2 Å². The second-order valence-electron chi connectivity index (χ2n) is 11.1.